The average molecular weight is 293 g/mol. The first-order valence-electron chi connectivity index (χ1n) is 7.39. The second-order valence-corrected chi connectivity index (χ2v) is 4.98. The lowest BCUT2D eigenvalue weighted by Gasteiger charge is -2.28. The highest BCUT2D eigenvalue weighted by Crippen LogP contribution is 2.27. The molecule has 3 N–H and O–H groups in total. The Morgan fingerprint density at radius 3 is 1.95 bits per heavy atom. The van der Waals surface area contributed by atoms with Gasteiger partial charge in [0, 0.05) is 58.4 Å². The first-order chi connectivity index (χ1) is 10.3. The van der Waals surface area contributed by atoms with Crippen LogP contribution in [0.3, 0.4) is 0 Å². The molecule has 0 bridgehead atoms. The molecule has 0 atom stereocenters. The average Bonchev–Trinajstić information content (AvgIpc) is 2.58. The standard InChI is InChI=1S/C10H13N3O2.C4H10N2/c14-13(15)10-4-2-1-3-9(10)12-7-5-11-6-8-12;1-2-6-4-3-5-1/h1-4,11H,5-8H2;5-6H,1-4H2. The van der Waals surface area contributed by atoms with Crippen molar-refractivity contribution in [1.29, 1.82) is 0 Å². The Morgan fingerprint density at radius 2 is 1.43 bits per heavy atom. The van der Waals surface area contributed by atoms with Gasteiger partial charge in [0.1, 0.15) is 5.69 Å². The van der Waals surface area contributed by atoms with Gasteiger partial charge in [-0.1, -0.05) is 12.1 Å². The molecule has 0 saturated carbocycles. The summed E-state index contributed by atoms with van der Waals surface area (Å²) in [6.45, 7) is 7.97. The van der Waals surface area contributed by atoms with E-state index in [2.05, 4.69) is 20.9 Å². The fourth-order valence-corrected chi connectivity index (χ4v) is 2.40. The number of nitro benzene ring substituents is 1. The fourth-order valence-electron chi connectivity index (χ4n) is 2.40. The third kappa shape index (κ3) is 4.96. The van der Waals surface area contributed by atoms with E-state index in [1.807, 2.05) is 12.1 Å². The van der Waals surface area contributed by atoms with E-state index in [0.717, 1.165) is 58.0 Å². The third-order valence-electron chi connectivity index (χ3n) is 3.49. The molecule has 116 valence electrons. The predicted molar refractivity (Wildman–Crippen MR) is 83.9 cm³/mol. The Balaban J connectivity index is 0.000000225. The van der Waals surface area contributed by atoms with Gasteiger partial charge in [-0.2, -0.15) is 0 Å². The van der Waals surface area contributed by atoms with E-state index in [-0.39, 0.29) is 10.6 Å². The molecule has 7 heteroatoms. The van der Waals surface area contributed by atoms with E-state index in [4.69, 9.17) is 0 Å². The Labute approximate surface area is 124 Å². The summed E-state index contributed by atoms with van der Waals surface area (Å²) in [6, 6.07) is 6.90. The van der Waals surface area contributed by atoms with Crippen LogP contribution in [-0.2, 0) is 0 Å². The zero-order chi connectivity index (χ0) is 14.9. The lowest BCUT2D eigenvalue weighted by molar-refractivity contribution is -0.384. The zero-order valence-corrected chi connectivity index (χ0v) is 12.2. The van der Waals surface area contributed by atoms with Crippen LogP contribution in [0.25, 0.3) is 0 Å². The van der Waals surface area contributed by atoms with Gasteiger partial charge in [0.15, 0.2) is 0 Å². The van der Waals surface area contributed by atoms with Gasteiger partial charge in [0.25, 0.3) is 5.69 Å². The summed E-state index contributed by atoms with van der Waals surface area (Å²) in [5, 5.41) is 20.5. The summed E-state index contributed by atoms with van der Waals surface area (Å²) in [5.41, 5.74) is 0.920. The van der Waals surface area contributed by atoms with Gasteiger partial charge in [-0.3, -0.25) is 10.1 Å². The van der Waals surface area contributed by atoms with E-state index in [0.29, 0.717) is 0 Å². The van der Waals surface area contributed by atoms with Gasteiger partial charge in [0.2, 0.25) is 0 Å². The summed E-state index contributed by atoms with van der Waals surface area (Å²) in [6.07, 6.45) is 0. The highest BCUT2D eigenvalue weighted by atomic mass is 16.6. The van der Waals surface area contributed by atoms with Crippen molar-refractivity contribution in [2.24, 2.45) is 0 Å². The molecule has 21 heavy (non-hydrogen) atoms. The zero-order valence-electron chi connectivity index (χ0n) is 12.2. The second kappa shape index (κ2) is 8.56. The Hall–Kier alpha value is -1.70. The van der Waals surface area contributed by atoms with E-state index < -0.39 is 0 Å². The normalized spacial score (nSPS) is 18.6. The number of hydrogen-bond acceptors (Lipinski definition) is 6. The minimum Gasteiger partial charge on any atom is -0.363 e. The summed E-state index contributed by atoms with van der Waals surface area (Å²) in [5.74, 6) is 0. The lowest BCUT2D eigenvalue weighted by Crippen LogP contribution is -2.43. The number of rotatable bonds is 2. The van der Waals surface area contributed by atoms with Gasteiger partial charge in [0.05, 0.1) is 4.92 Å². The molecule has 0 unspecified atom stereocenters. The molecule has 7 nitrogen and oxygen atoms in total. The molecule has 1 aromatic rings. The van der Waals surface area contributed by atoms with Crippen LogP contribution in [0.2, 0.25) is 0 Å². The number of hydrogen-bond donors (Lipinski definition) is 3. The second-order valence-electron chi connectivity index (χ2n) is 4.98. The first kappa shape index (κ1) is 15.7. The van der Waals surface area contributed by atoms with Gasteiger partial charge >= 0.3 is 0 Å². The minimum atomic E-state index is -0.322. The maximum atomic E-state index is 10.8. The van der Waals surface area contributed by atoms with Crippen molar-refractivity contribution in [3.05, 3.63) is 34.4 Å². The van der Waals surface area contributed by atoms with Crippen molar-refractivity contribution in [2.75, 3.05) is 57.3 Å². The number of anilines is 1. The van der Waals surface area contributed by atoms with E-state index >= 15 is 0 Å². The van der Waals surface area contributed by atoms with Crippen molar-refractivity contribution >= 4 is 11.4 Å². The van der Waals surface area contributed by atoms with Crippen LogP contribution in [0.1, 0.15) is 0 Å². The molecule has 2 aliphatic heterocycles. The largest absolute Gasteiger partial charge is 0.363 e. The Kier molecular flexibility index (Phi) is 6.39. The van der Waals surface area contributed by atoms with Crippen molar-refractivity contribution in [3.8, 4) is 0 Å². The summed E-state index contributed by atoms with van der Waals surface area (Å²) in [7, 11) is 0. The number of piperazine rings is 2. The monoisotopic (exact) mass is 293 g/mol. The number of nitrogens with one attached hydrogen (secondary N) is 3. The molecule has 2 heterocycles. The predicted octanol–water partition coefficient (Wildman–Crippen LogP) is 0.184. The third-order valence-corrected chi connectivity index (χ3v) is 3.49. The first-order valence-corrected chi connectivity index (χ1v) is 7.39. The van der Waals surface area contributed by atoms with Crippen LogP contribution >= 0.6 is 0 Å². The molecule has 2 fully saturated rings. The van der Waals surface area contributed by atoms with Crippen molar-refractivity contribution < 1.29 is 4.92 Å². The molecule has 0 aliphatic carbocycles. The molecule has 0 aromatic heterocycles. The maximum absolute atomic E-state index is 10.8. The summed E-state index contributed by atoms with van der Waals surface area (Å²) >= 11 is 0. The Morgan fingerprint density at radius 1 is 0.905 bits per heavy atom. The molecule has 2 aliphatic rings. The van der Waals surface area contributed by atoms with Gasteiger partial charge in [-0.15, -0.1) is 0 Å². The molecule has 3 rings (SSSR count). The SMILES string of the molecule is C1CNCCN1.O=[N+]([O-])c1ccccc1N1CCNCC1. The summed E-state index contributed by atoms with van der Waals surface area (Å²) in [4.78, 5) is 12.6. The number of para-hydroxylation sites is 2. The van der Waals surface area contributed by atoms with Gasteiger partial charge in [-0.25, -0.2) is 0 Å². The van der Waals surface area contributed by atoms with Crippen molar-refractivity contribution in [3.63, 3.8) is 0 Å². The smallest absolute Gasteiger partial charge is 0.292 e. The lowest BCUT2D eigenvalue weighted by atomic mass is 10.2. The van der Waals surface area contributed by atoms with Crippen LogP contribution in [0, 0.1) is 10.1 Å². The van der Waals surface area contributed by atoms with Crippen LogP contribution in [0.5, 0.6) is 0 Å². The molecule has 0 spiro atoms. The van der Waals surface area contributed by atoms with E-state index in [1.54, 1.807) is 12.1 Å². The molecule has 2 saturated heterocycles. The minimum absolute atomic E-state index is 0.194. The fraction of sp³-hybridized carbons (Fsp3) is 0.571. The van der Waals surface area contributed by atoms with Crippen LogP contribution in [0.4, 0.5) is 11.4 Å². The van der Waals surface area contributed by atoms with Crippen LogP contribution < -0.4 is 20.9 Å². The highest BCUT2D eigenvalue weighted by molar-refractivity contribution is 5.63. The van der Waals surface area contributed by atoms with Gasteiger partial charge < -0.3 is 20.9 Å². The quantitative estimate of drug-likeness (QED) is 0.533. The van der Waals surface area contributed by atoms with Gasteiger partial charge in [-0.05, 0) is 6.07 Å². The Bertz CT molecular complexity index is 433. The molecule has 0 radical (unpaired) electrons. The molecule has 1 aromatic carbocycles. The van der Waals surface area contributed by atoms with E-state index in [1.165, 1.54) is 0 Å². The maximum Gasteiger partial charge on any atom is 0.292 e. The van der Waals surface area contributed by atoms with E-state index in [9.17, 15) is 10.1 Å². The highest BCUT2D eigenvalue weighted by Gasteiger charge is 2.19. The topological polar surface area (TPSA) is 82.5 Å². The molecular formula is C14H23N5O2. The number of nitro groups is 1. The molecular weight excluding hydrogens is 270 g/mol. The van der Waals surface area contributed by atoms with Crippen LogP contribution in [0.15, 0.2) is 24.3 Å². The number of benzene rings is 1. The van der Waals surface area contributed by atoms with Crippen molar-refractivity contribution in [1.82, 2.24) is 16.0 Å². The summed E-state index contributed by atoms with van der Waals surface area (Å²) < 4.78 is 0. The van der Waals surface area contributed by atoms with Crippen molar-refractivity contribution in [2.45, 2.75) is 0 Å². The molecule has 0 amide bonds. The number of nitrogens with zero attached hydrogens (tertiary/aromatic N) is 2. The van der Waals surface area contributed by atoms with Crippen LogP contribution in [-0.4, -0.2) is 57.3 Å².